The van der Waals surface area contributed by atoms with Crippen LogP contribution in [-0.2, 0) is 4.79 Å². The first-order valence-corrected chi connectivity index (χ1v) is 13.7. The van der Waals surface area contributed by atoms with E-state index in [1.165, 1.54) is 21.3 Å². The lowest BCUT2D eigenvalue weighted by atomic mass is 10.1. The van der Waals surface area contributed by atoms with Crippen molar-refractivity contribution in [3.8, 4) is 39.9 Å². The Balaban J connectivity index is 1.13. The molecular formula is C33H34N4O5. The molecule has 0 aliphatic rings. The standard InChI is InChI=1S/C33H34N4O5/c1-22-27(21-34-37(22)25-10-6-5-7-11-25)29-15-13-23-18-26(14-16-28(23)36-29)42-17-9-8-12-32(38)35-24-19-30(39-2)33(41-4)31(20-24)40-3/h5-7,10-11,13-16,18-21H,8-9,12,17H2,1-4H3,(H,35,38). The van der Waals surface area contributed by atoms with Crippen LogP contribution in [0.1, 0.15) is 25.0 Å². The summed E-state index contributed by atoms with van der Waals surface area (Å²) in [4.78, 5) is 17.4. The molecule has 2 heterocycles. The van der Waals surface area contributed by atoms with Gasteiger partial charge in [0.25, 0.3) is 0 Å². The van der Waals surface area contributed by atoms with Crippen molar-refractivity contribution >= 4 is 22.5 Å². The number of unbranched alkanes of at least 4 members (excludes halogenated alkanes) is 1. The maximum absolute atomic E-state index is 12.5. The first-order valence-electron chi connectivity index (χ1n) is 13.7. The molecule has 9 nitrogen and oxygen atoms in total. The minimum Gasteiger partial charge on any atom is -0.494 e. The summed E-state index contributed by atoms with van der Waals surface area (Å²) in [6, 6.07) is 23.4. The van der Waals surface area contributed by atoms with Crippen LogP contribution in [0.5, 0.6) is 23.0 Å². The van der Waals surface area contributed by atoms with Crippen LogP contribution in [0.3, 0.4) is 0 Å². The Hall–Kier alpha value is -5.05. The van der Waals surface area contributed by atoms with Gasteiger partial charge in [-0.1, -0.05) is 24.3 Å². The van der Waals surface area contributed by atoms with E-state index in [2.05, 4.69) is 23.4 Å². The van der Waals surface area contributed by atoms with Gasteiger partial charge in [-0.3, -0.25) is 4.79 Å². The largest absolute Gasteiger partial charge is 0.494 e. The lowest BCUT2D eigenvalue weighted by Gasteiger charge is -2.14. The van der Waals surface area contributed by atoms with Crippen molar-refractivity contribution in [1.29, 1.82) is 0 Å². The highest BCUT2D eigenvalue weighted by atomic mass is 16.5. The fourth-order valence-corrected chi connectivity index (χ4v) is 4.79. The van der Waals surface area contributed by atoms with Crippen molar-refractivity contribution in [2.75, 3.05) is 33.3 Å². The second-order valence-corrected chi connectivity index (χ2v) is 9.71. The van der Waals surface area contributed by atoms with Crippen LogP contribution in [0, 0.1) is 6.92 Å². The molecular weight excluding hydrogens is 532 g/mol. The topological polar surface area (TPSA) is 96.7 Å². The molecule has 0 fully saturated rings. The number of fused-ring (bicyclic) bond motifs is 1. The Labute approximate surface area is 245 Å². The molecule has 0 unspecified atom stereocenters. The Morgan fingerprint density at radius 3 is 2.36 bits per heavy atom. The smallest absolute Gasteiger partial charge is 0.224 e. The van der Waals surface area contributed by atoms with E-state index in [9.17, 15) is 4.79 Å². The summed E-state index contributed by atoms with van der Waals surface area (Å²) in [5, 5.41) is 8.46. The molecule has 42 heavy (non-hydrogen) atoms. The molecule has 1 amide bonds. The number of hydrogen-bond acceptors (Lipinski definition) is 7. The second-order valence-electron chi connectivity index (χ2n) is 9.71. The molecule has 0 saturated carbocycles. The molecule has 5 aromatic rings. The van der Waals surface area contributed by atoms with Crippen molar-refractivity contribution in [3.63, 3.8) is 0 Å². The van der Waals surface area contributed by atoms with E-state index >= 15 is 0 Å². The third kappa shape index (κ3) is 6.30. The van der Waals surface area contributed by atoms with E-state index in [0.717, 1.165) is 45.7 Å². The molecule has 5 rings (SSSR count). The predicted octanol–water partition coefficient (Wildman–Crippen LogP) is 6.61. The number of rotatable bonds is 12. The number of ether oxygens (including phenoxy) is 4. The van der Waals surface area contributed by atoms with E-state index in [4.69, 9.17) is 23.9 Å². The molecule has 0 radical (unpaired) electrons. The Morgan fingerprint density at radius 2 is 1.64 bits per heavy atom. The summed E-state index contributed by atoms with van der Waals surface area (Å²) in [6.07, 6.45) is 3.65. The van der Waals surface area contributed by atoms with Gasteiger partial charge in [0.1, 0.15) is 5.75 Å². The van der Waals surface area contributed by atoms with Gasteiger partial charge in [0.05, 0.1) is 56.7 Å². The van der Waals surface area contributed by atoms with Gasteiger partial charge in [0.15, 0.2) is 11.5 Å². The molecule has 0 bridgehead atoms. The minimum atomic E-state index is -0.0959. The summed E-state index contributed by atoms with van der Waals surface area (Å²) < 4.78 is 23.9. The molecule has 1 N–H and O–H groups in total. The van der Waals surface area contributed by atoms with Gasteiger partial charge in [0, 0.05) is 35.2 Å². The monoisotopic (exact) mass is 566 g/mol. The van der Waals surface area contributed by atoms with Crippen LogP contribution in [0.15, 0.2) is 79.0 Å². The van der Waals surface area contributed by atoms with Gasteiger partial charge in [-0.15, -0.1) is 0 Å². The molecule has 0 aliphatic heterocycles. The van der Waals surface area contributed by atoms with Crippen molar-refractivity contribution < 1.29 is 23.7 Å². The number of methoxy groups -OCH3 is 3. The van der Waals surface area contributed by atoms with E-state index in [0.29, 0.717) is 42.4 Å². The average molecular weight is 567 g/mol. The third-order valence-electron chi connectivity index (χ3n) is 6.96. The quantitative estimate of drug-likeness (QED) is 0.170. The molecule has 0 spiro atoms. The summed E-state index contributed by atoms with van der Waals surface area (Å²) in [5.74, 6) is 2.12. The van der Waals surface area contributed by atoms with Crippen molar-refractivity contribution in [2.24, 2.45) is 0 Å². The third-order valence-corrected chi connectivity index (χ3v) is 6.96. The number of benzene rings is 3. The fourth-order valence-electron chi connectivity index (χ4n) is 4.79. The highest BCUT2D eigenvalue weighted by Crippen LogP contribution is 2.40. The zero-order valence-corrected chi connectivity index (χ0v) is 24.2. The number of amides is 1. The highest BCUT2D eigenvalue weighted by molar-refractivity contribution is 5.91. The summed E-state index contributed by atoms with van der Waals surface area (Å²) in [7, 11) is 4.61. The lowest BCUT2D eigenvalue weighted by Crippen LogP contribution is -2.12. The number of nitrogens with zero attached hydrogens (tertiary/aromatic N) is 3. The number of nitrogens with one attached hydrogen (secondary N) is 1. The van der Waals surface area contributed by atoms with E-state index in [1.54, 1.807) is 12.1 Å². The predicted molar refractivity (Wildman–Crippen MR) is 163 cm³/mol. The summed E-state index contributed by atoms with van der Waals surface area (Å²) in [6.45, 7) is 2.56. The number of carbonyl (C=O) groups is 1. The number of hydrogen-bond donors (Lipinski definition) is 1. The van der Waals surface area contributed by atoms with E-state index in [-0.39, 0.29) is 5.91 Å². The maximum Gasteiger partial charge on any atom is 0.224 e. The van der Waals surface area contributed by atoms with Crippen LogP contribution >= 0.6 is 0 Å². The first-order chi connectivity index (χ1) is 20.5. The van der Waals surface area contributed by atoms with Gasteiger partial charge in [-0.25, -0.2) is 9.67 Å². The van der Waals surface area contributed by atoms with Gasteiger partial charge in [-0.2, -0.15) is 5.10 Å². The van der Waals surface area contributed by atoms with Crippen molar-refractivity contribution in [1.82, 2.24) is 14.8 Å². The average Bonchev–Trinajstić information content (AvgIpc) is 3.41. The van der Waals surface area contributed by atoms with E-state index < -0.39 is 0 Å². The number of pyridine rings is 1. The lowest BCUT2D eigenvalue weighted by molar-refractivity contribution is -0.116. The Morgan fingerprint density at radius 1 is 0.881 bits per heavy atom. The van der Waals surface area contributed by atoms with Crippen LogP contribution in [-0.4, -0.2) is 48.6 Å². The van der Waals surface area contributed by atoms with Crippen molar-refractivity contribution in [2.45, 2.75) is 26.2 Å². The second kappa shape index (κ2) is 13.1. The molecule has 0 aliphatic carbocycles. The van der Waals surface area contributed by atoms with Gasteiger partial charge < -0.3 is 24.3 Å². The van der Waals surface area contributed by atoms with Gasteiger partial charge in [-0.05, 0) is 56.2 Å². The van der Waals surface area contributed by atoms with Crippen molar-refractivity contribution in [3.05, 3.63) is 84.7 Å². The fraction of sp³-hybridized carbons (Fsp3) is 0.242. The highest BCUT2D eigenvalue weighted by Gasteiger charge is 2.15. The number of anilines is 1. The normalized spacial score (nSPS) is 10.9. The van der Waals surface area contributed by atoms with Crippen LogP contribution in [0.4, 0.5) is 5.69 Å². The van der Waals surface area contributed by atoms with Crippen LogP contribution < -0.4 is 24.3 Å². The first kappa shape index (κ1) is 28.5. The molecule has 0 atom stereocenters. The van der Waals surface area contributed by atoms with E-state index in [1.807, 2.05) is 65.5 Å². The Kier molecular flexibility index (Phi) is 8.87. The van der Waals surface area contributed by atoms with Gasteiger partial charge in [0.2, 0.25) is 11.7 Å². The molecule has 3 aromatic carbocycles. The van der Waals surface area contributed by atoms with Crippen LogP contribution in [0.2, 0.25) is 0 Å². The maximum atomic E-state index is 12.5. The number of para-hydroxylation sites is 1. The SMILES string of the molecule is COc1cc(NC(=O)CCCCOc2ccc3nc(-c4cnn(-c5ccccc5)c4C)ccc3c2)cc(OC)c1OC. The molecule has 0 saturated heterocycles. The molecule has 2 aromatic heterocycles. The Bertz CT molecular complexity index is 1660. The van der Waals surface area contributed by atoms with Crippen LogP contribution in [0.25, 0.3) is 27.8 Å². The zero-order valence-electron chi connectivity index (χ0n) is 24.2. The summed E-state index contributed by atoms with van der Waals surface area (Å²) >= 11 is 0. The molecule has 216 valence electrons. The molecule has 9 heteroatoms. The zero-order chi connectivity index (χ0) is 29.5. The minimum absolute atomic E-state index is 0.0959. The number of aromatic nitrogens is 3. The number of carbonyl (C=O) groups excluding carboxylic acids is 1. The summed E-state index contributed by atoms with van der Waals surface area (Å²) in [5.41, 5.74) is 5.39. The van der Waals surface area contributed by atoms with Gasteiger partial charge >= 0.3 is 0 Å².